The second-order valence-corrected chi connectivity index (χ2v) is 35.3. The van der Waals surface area contributed by atoms with E-state index in [9.17, 15) is 0 Å². The van der Waals surface area contributed by atoms with Gasteiger partial charge >= 0.3 is 51.4 Å². The van der Waals surface area contributed by atoms with E-state index in [1.807, 2.05) is 36.4 Å². The molecule has 6 aromatic carbocycles. The molecule has 12 heteroatoms. The lowest BCUT2D eigenvalue weighted by atomic mass is 10.4. The van der Waals surface area contributed by atoms with E-state index >= 15 is 0 Å². The van der Waals surface area contributed by atoms with Crippen molar-refractivity contribution in [3.8, 4) is 0 Å². The molecule has 0 unspecified atom stereocenters. The minimum absolute atomic E-state index is 1.06. The molecule has 54 heavy (non-hydrogen) atoms. The molecule has 6 aromatic rings. The van der Waals surface area contributed by atoms with Crippen LogP contribution in [0.2, 0.25) is 39.3 Å². The molecule has 0 radical (unpaired) electrons. The van der Waals surface area contributed by atoms with Crippen LogP contribution in [0.25, 0.3) is 0 Å². The predicted molar refractivity (Wildman–Crippen MR) is 233 cm³/mol. The molecule has 0 N–H and O–H groups in total. The quantitative estimate of drug-likeness (QED) is 0.193. The molecule has 2 aliphatic heterocycles. The van der Waals surface area contributed by atoms with Crippen LogP contribution in [-0.4, -0.2) is 51.4 Å². The van der Waals surface area contributed by atoms with Crippen LogP contribution >= 0.6 is 0 Å². The minimum Gasteiger partial charge on any atom is -0.416 e. The lowest BCUT2D eigenvalue weighted by Crippen LogP contribution is -2.88. The summed E-state index contributed by atoms with van der Waals surface area (Å²) in [5.74, 6) is 0. The van der Waals surface area contributed by atoms with Gasteiger partial charge in [-0.1, -0.05) is 182 Å². The fourth-order valence-corrected chi connectivity index (χ4v) is 40.4. The van der Waals surface area contributed by atoms with Crippen molar-refractivity contribution in [3.63, 3.8) is 0 Å². The fourth-order valence-electron chi connectivity index (χ4n) is 7.66. The van der Waals surface area contributed by atoms with Gasteiger partial charge in [0.05, 0.1) is 0 Å². The second-order valence-electron chi connectivity index (χ2n) is 14.9. The minimum atomic E-state index is -3.44. The van der Waals surface area contributed by atoms with Crippen LogP contribution in [0.1, 0.15) is 0 Å². The van der Waals surface area contributed by atoms with Crippen LogP contribution in [-0.2, 0) is 24.7 Å². The monoisotopic (exact) mass is 816 g/mol. The normalized spacial score (nSPS) is 20.1. The molecule has 2 heterocycles. The number of benzene rings is 6. The maximum atomic E-state index is 7.77. The largest absolute Gasteiger partial charge is 0.416 e. The van der Waals surface area contributed by atoms with Gasteiger partial charge in [-0.25, -0.2) is 0 Å². The van der Waals surface area contributed by atoms with Gasteiger partial charge in [0.25, 0.3) is 0 Å². The Balaban J connectivity index is 0.000000321. The van der Waals surface area contributed by atoms with Crippen LogP contribution in [0.3, 0.4) is 0 Å². The van der Waals surface area contributed by atoms with E-state index < -0.39 is 51.4 Å². The summed E-state index contributed by atoms with van der Waals surface area (Å²) in [7, 11) is -15.9. The first kappa shape index (κ1) is 38.6. The van der Waals surface area contributed by atoms with Gasteiger partial charge in [0.1, 0.15) is 0 Å². The van der Waals surface area contributed by atoms with Crippen molar-refractivity contribution in [1.82, 2.24) is 0 Å². The molecule has 0 amide bonds. The maximum absolute atomic E-state index is 7.77. The molecular weight excluding hydrogens is 769 g/mol. The molecule has 0 atom stereocenters. The van der Waals surface area contributed by atoms with Gasteiger partial charge in [0.2, 0.25) is 0 Å². The summed E-state index contributed by atoms with van der Waals surface area (Å²) in [6.07, 6.45) is 0. The van der Waals surface area contributed by atoms with E-state index in [4.69, 9.17) is 24.7 Å². The van der Waals surface area contributed by atoms with Crippen molar-refractivity contribution in [2.75, 3.05) is 0 Å². The molecule has 276 valence electrons. The van der Waals surface area contributed by atoms with E-state index in [-0.39, 0.29) is 0 Å². The number of hydrogen-bond donors (Lipinski definition) is 0. The zero-order valence-electron chi connectivity index (χ0n) is 31.8. The van der Waals surface area contributed by atoms with E-state index in [0.717, 1.165) is 31.1 Å². The summed E-state index contributed by atoms with van der Waals surface area (Å²) >= 11 is 0. The van der Waals surface area contributed by atoms with Crippen LogP contribution in [0, 0.1) is 0 Å². The summed E-state index contributed by atoms with van der Waals surface area (Å²) in [5, 5.41) is 6.37. The topological polar surface area (TPSA) is 55.4 Å². The predicted octanol–water partition coefficient (Wildman–Crippen LogP) is 5.97. The average Bonchev–Trinajstić information content (AvgIpc) is 3.18. The Morgan fingerprint density at radius 2 is 0.370 bits per heavy atom. The zero-order chi connectivity index (χ0) is 37.9. The van der Waals surface area contributed by atoms with Gasteiger partial charge in [-0.3, -0.25) is 0 Å². The van der Waals surface area contributed by atoms with Crippen molar-refractivity contribution in [2.24, 2.45) is 0 Å². The molecule has 6 nitrogen and oxygen atoms in total. The third-order valence-corrected chi connectivity index (χ3v) is 34.5. The third kappa shape index (κ3) is 8.02. The van der Waals surface area contributed by atoms with Gasteiger partial charge in [0.15, 0.2) is 0 Å². The van der Waals surface area contributed by atoms with Crippen molar-refractivity contribution < 1.29 is 24.7 Å². The average molecular weight is 817 g/mol. The van der Waals surface area contributed by atoms with E-state index in [2.05, 4.69) is 185 Å². The molecular formula is C42H48O6Si6. The zero-order valence-corrected chi connectivity index (χ0v) is 37.8. The summed E-state index contributed by atoms with van der Waals surface area (Å²) in [6, 6.07) is 63.2. The summed E-state index contributed by atoms with van der Waals surface area (Å²) in [6.45, 7) is 12.6. The standard InChI is InChI=1S/C36H30O3Si3.C6H18O3Si3/c1-7-19-31(20-8-1)40(32-21-9-2-10-22-32)37-41(33-23-11-3-12-24-33,34-25-13-4-14-26-34)39-42(38-40,35-27-15-5-16-28-35)36-29-17-6-18-30-36;1-10(2)7-11(3,4)9-12(5,6)8-10/h1-30H;1-6H3. The van der Waals surface area contributed by atoms with Crippen molar-refractivity contribution in [1.29, 1.82) is 0 Å². The highest BCUT2D eigenvalue weighted by atomic mass is 28.5. The summed E-state index contributed by atoms with van der Waals surface area (Å²) in [5.41, 5.74) is 0. The molecule has 0 spiro atoms. The van der Waals surface area contributed by atoms with Crippen LogP contribution in [0.5, 0.6) is 0 Å². The van der Waals surface area contributed by atoms with E-state index in [0.29, 0.717) is 0 Å². The van der Waals surface area contributed by atoms with Crippen molar-refractivity contribution in [2.45, 2.75) is 39.3 Å². The lowest BCUT2D eigenvalue weighted by molar-refractivity contribution is 0.237. The van der Waals surface area contributed by atoms with Gasteiger partial charge < -0.3 is 24.7 Å². The van der Waals surface area contributed by atoms with Gasteiger partial charge in [-0.05, 0) is 70.4 Å². The van der Waals surface area contributed by atoms with Crippen LogP contribution < -0.4 is 31.1 Å². The molecule has 0 bridgehead atoms. The number of rotatable bonds is 6. The first-order chi connectivity index (χ1) is 25.9. The lowest BCUT2D eigenvalue weighted by Gasteiger charge is -2.53. The Kier molecular flexibility index (Phi) is 11.1. The first-order valence-electron chi connectivity index (χ1n) is 18.4. The molecule has 0 aliphatic carbocycles. The Bertz CT molecular complexity index is 1720. The van der Waals surface area contributed by atoms with Gasteiger partial charge in [0, 0.05) is 0 Å². The summed E-state index contributed by atoms with van der Waals surface area (Å²) in [4.78, 5) is 0. The highest BCUT2D eigenvalue weighted by Crippen LogP contribution is 2.32. The Morgan fingerprint density at radius 1 is 0.222 bits per heavy atom. The Morgan fingerprint density at radius 3 is 0.519 bits per heavy atom. The SMILES string of the molecule is C[Si]1(C)O[Si](C)(C)O[Si](C)(C)O1.c1ccc([Si]2(c3ccccc3)O[Si](c3ccccc3)(c3ccccc3)O[Si](c3ccccc3)(c3ccccc3)O2)cc1. The van der Waals surface area contributed by atoms with E-state index in [1.54, 1.807) is 0 Å². The maximum Gasteiger partial charge on any atom is 0.390 e. The van der Waals surface area contributed by atoms with Gasteiger partial charge in [-0.2, -0.15) is 0 Å². The number of hydrogen-bond acceptors (Lipinski definition) is 6. The molecule has 2 aliphatic rings. The molecule has 0 aromatic heterocycles. The summed E-state index contributed by atoms with van der Waals surface area (Å²) < 4.78 is 40.9. The highest BCUT2D eigenvalue weighted by Gasteiger charge is 2.67. The first-order valence-corrected chi connectivity index (χ1v) is 32.3. The molecule has 8 rings (SSSR count). The smallest absolute Gasteiger partial charge is 0.390 e. The molecule has 0 saturated carbocycles. The van der Waals surface area contributed by atoms with Gasteiger partial charge in [-0.15, -0.1) is 0 Å². The van der Waals surface area contributed by atoms with E-state index in [1.165, 1.54) is 0 Å². The van der Waals surface area contributed by atoms with Crippen molar-refractivity contribution >= 4 is 82.5 Å². The Hall–Kier alpha value is -3.62. The third-order valence-electron chi connectivity index (χ3n) is 9.26. The van der Waals surface area contributed by atoms with Crippen molar-refractivity contribution in [3.05, 3.63) is 182 Å². The van der Waals surface area contributed by atoms with Crippen LogP contribution in [0.4, 0.5) is 0 Å². The second kappa shape index (κ2) is 15.5. The molecule has 2 fully saturated rings. The highest BCUT2D eigenvalue weighted by molar-refractivity contribution is 7.16. The van der Waals surface area contributed by atoms with Crippen LogP contribution in [0.15, 0.2) is 182 Å². The fraction of sp³-hybridized carbons (Fsp3) is 0.143. The molecule has 2 saturated heterocycles. The Labute approximate surface area is 326 Å².